The third kappa shape index (κ3) is 1.47. The second-order valence-electron chi connectivity index (χ2n) is 2.95. The standard InChI is InChI=1S/C10H8ClNO2/c11-9-6-10(12(13)14)8-5-3-1-2-4-7(8)9/h1-6,12-13H. The predicted octanol–water partition coefficient (Wildman–Crippen LogP) is 1.85. The van der Waals surface area contributed by atoms with E-state index in [9.17, 15) is 5.21 Å². The highest BCUT2D eigenvalue weighted by molar-refractivity contribution is 6.34. The van der Waals surface area contributed by atoms with Crippen LogP contribution < -0.4 is 5.23 Å². The molecule has 3 nitrogen and oxygen atoms in total. The van der Waals surface area contributed by atoms with Crippen LogP contribution in [0.15, 0.2) is 36.4 Å². The molecule has 2 N–H and O–H groups in total. The third-order valence-electron chi connectivity index (χ3n) is 2.09. The molecule has 0 aromatic carbocycles. The lowest BCUT2D eigenvalue weighted by Gasteiger charge is -2.10. The first kappa shape index (κ1) is 9.43. The molecule has 72 valence electrons. The number of hydrogen-bond donors (Lipinski definition) is 2. The van der Waals surface area contributed by atoms with E-state index in [4.69, 9.17) is 16.8 Å². The fourth-order valence-electron chi connectivity index (χ4n) is 1.45. The van der Waals surface area contributed by atoms with Crippen molar-refractivity contribution in [3.8, 4) is 11.1 Å². The molecule has 2 aliphatic carbocycles. The van der Waals surface area contributed by atoms with Crippen LogP contribution in [0.5, 0.6) is 0 Å². The quantitative estimate of drug-likeness (QED) is 0.705. The van der Waals surface area contributed by atoms with Crippen molar-refractivity contribution >= 4 is 17.3 Å². The van der Waals surface area contributed by atoms with Crippen molar-refractivity contribution in [3.63, 3.8) is 0 Å². The molecule has 0 heterocycles. The van der Waals surface area contributed by atoms with Crippen LogP contribution in [0.2, 0.25) is 5.02 Å². The number of hydrogen-bond acceptors (Lipinski definition) is 2. The summed E-state index contributed by atoms with van der Waals surface area (Å²) < 4.78 is 0. The minimum atomic E-state index is -0.951. The first-order valence-corrected chi connectivity index (χ1v) is 4.48. The average Bonchev–Trinajstić information content (AvgIpc) is 2.38. The molecule has 0 bridgehead atoms. The molecule has 0 fully saturated rings. The van der Waals surface area contributed by atoms with Crippen molar-refractivity contribution in [2.75, 3.05) is 0 Å². The molecule has 0 saturated carbocycles. The van der Waals surface area contributed by atoms with E-state index in [2.05, 4.69) is 0 Å². The van der Waals surface area contributed by atoms with Crippen LogP contribution >= 0.6 is 11.6 Å². The molecule has 14 heavy (non-hydrogen) atoms. The maximum atomic E-state index is 10.9. The zero-order valence-corrected chi connectivity index (χ0v) is 7.95. The Labute approximate surface area is 86.0 Å². The molecule has 0 aromatic heterocycles. The first-order valence-electron chi connectivity index (χ1n) is 4.10. The normalized spacial score (nSPS) is 13.1. The molecule has 1 atom stereocenters. The predicted molar refractivity (Wildman–Crippen MR) is 53.9 cm³/mol. The summed E-state index contributed by atoms with van der Waals surface area (Å²) >= 11 is 5.92. The van der Waals surface area contributed by atoms with E-state index >= 15 is 0 Å². The van der Waals surface area contributed by atoms with Gasteiger partial charge < -0.3 is 5.21 Å². The minimum absolute atomic E-state index is 0.251. The smallest absolute Gasteiger partial charge is 0.173 e. The lowest BCUT2D eigenvalue weighted by molar-refractivity contribution is -0.990. The Balaban J connectivity index is 2.70. The van der Waals surface area contributed by atoms with Gasteiger partial charge in [-0.25, -0.2) is 5.21 Å². The maximum Gasteiger partial charge on any atom is 0.173 e. The molecule has 0 amide bonds. The SMILES string of the molecule is [O-][NH+](O)c1cc(Cl)c2cccccc1-2. The molecule has 0 aromatic rings. The summed E-state index contributed by atoms with van der Waals surface area (Å²) in [6.45, 7) is 0. The Kier molecular flexibility index (Phi) is 2.39. The van der Waals surface area contributed by atoms with Gasteiger partial charge in [0.2, 0.25) is 0 Å². The van der Waals surface area contributed by atoms with Gasteiger partial charge in [0, 0.05) is 17.2 Å². The molecule has 0 radical (unpaired) electrons. The largest absolute Gasteiger partial charge is 0.595 e. The van der Waals surface area contributed by atoms with E-state index in [0.29, 0.717) is 10.6 Å². The monoisotopic (exact) mass is 209 g/mol. The van der Waals surface area contributed by atoms with Gasteiger partial charge in [-0.1, -0.05) is 35.9 Å². The molecule has 2 rings (SSSR count). The van der Waals surface area contributed by atoms with Crippen LogP contribution in [0.1, 0.15) is 0 Å². The van der Waals surface area contributed by atoms with Crippen LogP contribution in [0.25, 0.3) is 11.1 Å². The zero-order valence-electron chi connectivity index (χ0n) is 7.20. The second kappa shape index (κ2) is 3.55. The highest BCUT2D eigenvalue weighted by atomic mass is 35.5. The van der Waals surface area contributed by atoms with E-state index in [1.54, 1.807) is 12.1 Å². The summed E-state index contributed by atoms with van der Waals surface area (Å²) in [4.78, 5) is 0. The van der Waals surface area contributed by atoms with E-state index in [1.807, 2.05) is 18.2 Å². The van der Waals surface area contributed by atoms with Crippen LogP contribution in [0, 0.1) is 5.21 Å². The maximum absolute atomic E-state index is 10.9. The number of quaternary nitrogens is 1. The van der Waals surface area contributed by atoms with Crippen LogP contribution in [0.3, 0.4) is 0 Å². The van der Waals surface area contributed by atoms with Gasteiger partial charge in [-0.05, 0) is 6.07 Å². The van der Waals surface area contributed by atoms with E-state index in [-0.39, 0.29) is 5.69 Å². The van der Waals surface area contributed by atoms with Gasteiger partial charge in [0.25, 0.3) is 0 Å². The molecule has 1 unspecified atom stereocenters. The summed E-state index contributed by atoms with van der Waals surface area (Å²) in [6, 6.07) is 10.5. The third-order valence-corrected chi connectivity index (χ3v) is 2.40. The average molecular weight is 210 g/mol. The molecular weight excluding hydrogens is 202 g/mol. The summed E-state index contributed by atoms with van der Waals surface area (Å²) in [5, 5.41) is 19.3. The van der Waals surface area contributed by atoms with Gasteiger partial charge in [-0.15, -0.1) is 0 Å². The molecule has 4 heteroatoms. The lowest BCUT2D eigenvalue weighted by Crippen LogP contribution is -2.99. The lowest BCUT2D eigenvalue weighted by atomic mass is 10.2. The first-order chi connectivity index (χ1) is 6.70. The fraction of sp³-hybridized carbons (Fsp3) is 0. The number of nitrogens with one attached hydrogen (secondary N) is 1. The van der Waals surface area contributed by atoms with Gasteiger partial charge in [0.05, 0.1) is 5.02 Å². The van der Waals surface area contributed by atoms with Gasteiger partial charge in [-0.3, -0.25) is 0 Å². The van der Waals surface area contributed by atoms with Gasteiger partial charge in [-0.2, -0.15) is 5.23 Å². The van der Waals surface area contributed by atoms with Crippen molar-refractivity contribution < 1.29 is 10.4 Å². The van der Waals surface area contributed by atoms with E-state index in [0.717, 1.165) is 5.56 Å². The minimum Gasteiger partial charge on any atom is -0.595 e. The summed E-state index contributed by atoms with van der Waals surface area (Å²) in [5.41, 5.74) is 1.70. The molecule has 0 spiro atoms. The van der Waals surface area contributed by atoms with Crippen molar-refractivity contribution in [1.82, 2.24) is 0 Å². The Bertz CT molecular complexity index is 431. The Hall–Kier alpha value is -1.13. The Morgan fingerprint density at radius 1 is 1.14 bits per heavy atom. The van der Waals surface area contributed by atoms with Crippen molar-refractivity contribution in [3.05, 3.63) is 46.6 Å². The zero-order chi connectivity index (χ0) is 10.1. The fourth-order valence-corrected chi connectivity index (χ4v) is 1.72. The van der Waals surface area contributed by atoms with Gasteiger partial charge in [0.15, 0.2) is 5.69 Å². The topological polar surface area (TPSA) is 47.7 Å². The highest BCUT2D eigenvalue weighted by Gasteiger charge is 2.17. The molecular formula is C10H8ClNO2. The second-order valence-corrected chi connectivity index (χ2v) is 3.36. The Morgan fingerprint density at radius 2 is 1.79 bits per heavy atom. The van der Waals surface area contributed by atoms with Gasteiger partial charge >= 0.3 is 0 Å². The number of rotatable bonds is 1. The molecule has 0 aliphatic heterocycles. The van der Waals surface area contributed by atoms with E-state index in [1.165, 1.54) is 6.07 Å². The number of halogens is 1. The van der Waals surface area contributed by atoms with E-state index < -0.39 is 5.23 Å². The van der Waals surface area contributed by atoms with Crippen LogP contribution in [0.4, 0.5) is 5.69 Å². The molecule has 2 aliphatic rings. The van der Waals surface area contributed by atoms with Crippen molar-refractivity contribution in [2.24, 2.45) is 0 Å². The van der Waals surface area contributed by atoms with Crippen molar-refractivity contribution in [1.29, 1.82) is 0 Å². The highest BCUT2D eigenvalue weighted by Crippen LogP contribution is 2.36. The van der Waals surface area contributed by atoms with Gasteiger partial charge in [0.1, 0.15) is 0 Å². The number of fused-ring (bicyclic) bond motifs is 1. The summed E-state index contributed by atoms with van der Waals surface area (Å²) in [6.07, 6.45) is 0. The summed E-state index contributed by atoms with van der Waals surface area (Å²) in [7, 11) is 0. The van der Waals surface area contributed by atoms with Crippen LogP contribution in [-0.2, 0) is 0 Å². The Morgan fingerprint density at radius 3 is 2.43 bits per heavy atom. The van der Waals surface area contributed by atoms with Crippen LogP contribution in [-0.4, -0.2) is 5.21 Å². The van der Waals surface area contributed by atoms with Crippen molar-refractivity contribution in [2.45, 2.75) is 0 Å². The summed E-state index contributed by atoms with van der Waals surface area (Å²) in [5.74, 6) is 0. The molecule has 0 saturated heterocycles.